The van der Waals surface area contributed by atoms with Crippen LogP contribution in [0.15, 0.2) is 18.2 Å². The fraction of sp³-hybridized carbons (Fsp3) is 0.840. The third kappa shape index (κ3) is 10.7. The maximum atomic E-state index is 14.0. The summed E-state index contributed by atoms with van der Waals surface area (Å²) in [7, 11) is -3.12. The Balaban J connectivity index is 1.13. The van der Waals surface area contributed by atoms with E-state index in [1.54, 1.807) is 0 Å². The third-order valence-corrected chi connectivity index (χ3v) is 31.9. The van der Waals surface area contributed by atoms with Crippen LogP contribution >= 0.6 is 8.29 Å². The normalized spacial score (nSPS) is 23.4. The van der Waals surface area contributed by atoms with Crippen LogP contribution in [0.1, 0.15) is 166 Å². The van der Waals surface area contributed by atoms with Crippen molar-refractivity contribution in [3.63, 3.8) is 0 Å². The first-order valence-corrected chi connectivity index (χ1v) is 29.1. The van der Waals surface area contributed by atoms with Gasteiger partial charge in [-0.25, -0.2) is 9.59 Å². The zero-order chi connectivity index (χ0) is 47.9. The van der Waals surface area contributed by atoms with E-state index in [4.69, 9.17) is 25.1 Å². The molecule has 0 heterocycles. The highest BCUT2D eigenvalue weighted by Crippen LogP contribution is 3.06. The van der Waals surface area contributed by atoms with E-state index in [0.717, 1.165) is 38.1 Å². The monoisotopic (exact) mass is 967 g/mol. The van der Waals surface area contributed by atoms with Crippen molar-refractivity contribution in [1.82, 2.24) is 10.6 Å². The van der Waals surface area contributed by atoms with Crippen molar-refractivity contribution in [2.24, 2.45) is 5.73 Å². The fourth-order valence-electron chi connectivity index (χ4n) is 15.4. The number of aliphatic hydroxyl groups is 5. The topological polar surface area (TPSA) is 256 Å². The molecule has 5 aliphatic carbocycles. The molecule has 5 aliphatic rings. The van der Waals surface area contributed by atoms with Crippen molar-refractivity contribution < 1.29 is 54.3 Å². The second kappa shape index (κ2) is 24.3. The van der Waals surface area contributed by atoms with Crippen LogP contribution < -0.4 is 21.1 Å². The summed E-state index contributed by atoms with van der Waals surface area (Å²) in [5.41, 5.74) is 5.87. The zero-order valence-electron chi connectivity index (χ0n) is 40.2. The number of nitrogens with two attached hydrogens (primary N) is 1. The molecule has 6 rings (SSSR count). The summed E-state index contributed by atoms with van der Waals surface area (Å²) in [4.78, 5) is 38.0. The van der Waals surface area contributed by atoms with Gasteiger partial charge in [0.1, 0.15) is 43.7 Å². The molecule has 384 valence electrons. The first-order valence-electron chi connectivity index (χ1n) is 26.2. The highest BCUT2D eigenvalue weighted by atomic mass is 32.4. The molecule has 0 aromatic heterocycles. The first kappa shape index (κ1) is 53.4. The Kier molecular flexibility index (Phi) is 19.3. The van der Waals surface area contributed by atoms with Crippen molar-refractivity contribution in [1.29, 1.82) is 0 Å². The quantitative estimate of drug-likeness (QED) is 0.0422. The number of aliphatic hydroxyl groups excluding tert-OH is 5. The van der Waals surface area contributed by atoms with Gasteiger partial charge in [0, 0.05) is 19.2 Å². The zero-order valence-corrected chi connectivity index (χ0v) is 41.0. The number of carbonyl (C=O) groups excluding carboxylic acids is 2. The molecular weight excluding hydrogens is 881 g/mol. The van der Waals surface area contributed by atoms with E-state index in [-0.39, 0.29) is 31.0 Å². The molecule has 0 radical (unpaired) electrons. The minimum absolute atomic E-state index is 0.0234. The number of amides is 2. The molecule has 16 nitrogen and oxygen atoms in total. The summed E-state index contributed by atoms with van der Waals surface area (Å²) in [6, 6.07) is 3.80. The molecule has 5 atom stereocenters. The standard InChI is InChI=1S/C50H86N4O12S/c51-31-37(32-53-49(60)65-34-36-26-27-46(43(30-36)54(62)63)64-35-45(57)48(59)47(58)44(56)33-55)66-50(61)52-28-29-67(38-16-6-1-7-17-38,39-18-8-2-9-19-39,40-20-10-3-11-21-40,41-22-12-4-13-23-41)42-24-14-5-15-25-42/h26-27,30,37-42,44-45,47-48,55-59H,1-25,28-29,31-35,51H2,(H,52,61)(H,53,60)/t37?,44?,45-,47+,48?/m1/s1. The van der Waals surface area contributed by atoms with Crippen LogP contribution in [0.2, 0.25) is 0 Å². The molecule has 2 amide bonds. The first-order chi connectivity index (χ1) is 32.4. The van der Waals surface area contributed by atoms with Crippen LogP contribution in [0.5, 0.6) is 5.75 Å². The Bertz CT molecular complexity index is 1610. The van der Waals surface area contributed by atoms with Crippen LogP contribution in [0.4, 0.5) is 15.3 Å². The Hall–Kier alpha value is -2.93. The maximum Gasteiger partial charge on any atom is 0.407 e. The summed E-state index contributed by atoms with van der Waals surface area (Å²) in [5, 5.41) is 70.4. The van der Waals surface area contributed by atoms with E-state index in [2.05, 4.69) is 10.6 Å². The van der Waals surface area contributed by atoms with Crippen molar-refractivity contribution >= 4 is 26.2 Å². The van der Waals surface area contributed by atoms with Crippen molar-refractivity contribution in [2.75, 3.05) is 38.6 Å². The van der Waals surface area contributed by atoms with Gasteiger partial charge in [-0.15, -0.1) is 0 Å². The molecule has 67 heavy (non-hydrogen) atoms. The lowest BCUT2D eigenvalue weighted by Crippen LogP contribution is -2.75. The lowest BCUT2D eigenvalue weighted by molar-refractivity contribution is -0.386. The molecule has 0 spiro atoms. The van der Waals surface area contributed by atoms with Crippen LogP contribution in [0, 0.1) is 10.1 Å². The number of rotatable bonds is 22. The average Bonchev–Trinajstić information content (AvgIpc) is 3.38. The average molecular weight is 967 g/mol. The van der Waals surface area contributed by atoms with Gasteiger partial charge in [-0.3, -0.25) is 18.4 Å². The smallest absolute Gasteiger partial charge is 0.407 e. The Morgan fingerprint density at radius 3 is 1.55 bits per heavy atom. The number of ether oxygens (including phenoxy) is 3. The Morgan fingerprint density at radius 2 is 1.13 bits per heavy atom. The molecule has 1 aromatic carbocycles. The lowest BCUT2D eigenvalue weighted by atomic mass is 9.97. The van der Waals surface area contributed by atoms with Gasteiger partial charge >= 0.3 is 17.9 Å². The van der Waals surface area contributed by atoms with Crippen molar-refractivity contribution in [2.45, 2.75) is 224 Å². The van der Waals surface area contributed by atoms with Gasteiger partial charge in [-0.2, -0.15) is 0 Å². The van der Waals surface area contributed by atoms with Gasteiger partial charge in [0.2, 0.25) is 0 Å². The number of benzene rings is 1. The number of hydrogen-bond donors (Lipinski definition) is 8. The van der Waals surface area contributed by atoms with E-state index in [0.29, 0.717) is 6.54 Å². The fourth-order valence-corrected chi connectivity index (χ4v) is 32.0. The Morgan fingerprint density at radius 1 is 0.687 bits per heavy atom. The van der Waals surface area contributed by atoms with Gasteiger partial charge in [0.15, 0.2) is 5.75 Å². The predicted octanol–water partition coefficient (Wildman–Crippen LogP) is 7.23. The summed E-state index contributed by atoms with van der Waals surface area (Å²) < 4.78 is 16.7. The number of nitro groups is 1. The number of carbonyl (C=O) groups is 2. The third-order valence-electron chi connectivity index (χ3n) is 18.1. The van der Waals surface area contributed by atoms with E-state index in [1.807, 2.05) is 0 Å². The number of nitro benzene ring substituents is 1. The number of alkyl carbamates (subject to hydrolysis) is 2. The van der Waals surface area contributed by atoms with Crippen LogP contribution in [0.25, 0.3) is 0 Å². The summed E-state index contributed by atoms with van der Waals surface area (Å²) in [6.07, 6.45) is 24.6. The maximum absolute atomic E-state index is 14.0. The largest absolute Gasteiger partial charge is 0.484 e. The number of nitrogens with zero attached hydrogens (tertiary/aromatic N) is 1. The molecule has 0 saturated heterocycles. The van der Waals surface area contributed by atoms with E-state index >= 15 is 0 Å². The second-order valence-electron chi connectivity index (χ2n) is 21.0. The minimum atomic E-state index is -3.12. The second-order valence-corrected chi connectivity index (χ2v) is 29.1. The summed E-state index contributed by atoms with van der Waals surface area (Å²) >= 11 is 0. The molecule has 9 N–H and O–H groups in total. The lowest BCUT2D eigenvalue weighted by Gasteiger charge is -2.97. The van der Waals surface area contributed by atoms with Crippen molar-refractivity contribution in [3.8, 4) is 5.75 Å². The molecule has 17 heteroatoms. The highest BCUT2D eigenvalue weighted by Gasteiger charge is 2.78. The Labute approximate surface area is 397 Å². The minimum Gasteiger partial charge on any atom is -0.484 e. The van der Waals surface area contributed by atoms with Gasteiger partial charge in [-0.1, -0.05) is 102 Å². The SMILES string of the molecule is NCC(CNC(=O)OCc1ccc(OC[C@@H](O)C(O)[C@@H](O)C(O)CO)c([N+](=O)[O-])c1)OC(=O)NCCS(C1CCCCC1)(C1CCCCC1)(C1CCCCC1)(C1CCCCC1)C1CCCCC1. The molecule has 5 saturated carbocycles. The summed E-state index contributed by atoms with van der Waals surface area (Å²) in [6.45, 7) is -1.37. The summed E-state index contributed by atoms with van der Waals surface area (Å²) in [5.74, 6) is 0.889. The van der Waals surface area contributed by atoms with Gasteiger partial charge in [0.05, 0.1) is 18.1 Å². The van der Waals surface area contributed by atoms with Crippen LogP contribution in [0.3, 0.4) is 0 Å². The van der Waals surface area contributed by atoms with E-state index in [1.165, 1.54) is 173 Å². The van der Waals surface area contributed by atoms with Gasteiger partial charge < -0.3 is 56.1 Å². The molecule has 0 aliphatic heterocycles. The molecule has 3 unspecified atom stereocenters. The van der Waals surface area contributed by atoms with Crippen LogP contribution in [-0.2, 0) is 16.1 Å². The number of hydrogen-bond acceptors (Lipinski definition) is 13. The molecular formula is C50H86N4O12S. The van der Waals surface area contributed by atoms with Crippen LogP contribution in [-0.4, -0.2) is 138 Å². The predicted molar refractivity (Wildman–Crippen MR) is 262 cm³/mol. The molecule has 0 bridgehead atoms. The molecule has 1 aromatic rings. The van der Waals surface area contributed by atoms with E-state index < -0.39 is 74.8 Å². The highest BCUT2D eigenvalue weighted by molar-refractivity contribution is 8.66. The van der Waals surface area contributed by atoms with Gasteiger partial charge in [-0.05, 0) is 108 Å². The van der Waals surface area contributed by atoms with E-state index in [9.17, 15) is 40.1 Å². The van der Waals surface area contributed by atoms with Crippen molar-refractivity contribution in [3.05, 3.63) is 33.9 Å². The number of nitrogens with one attached hydrogen (secondary N) is 2. The molecule has 5 fully saturated rings. The van der Waals surface area contributed by atoms with Gasteiger partial charge in [0.25, 0.3) is 0 Å².